The average Bonchev–Trinajstić information content (AvgIpc) is 2.76. The second-order valence-corrected chi connectivity index (χ2v) is 7.24. The van der Waals surface area contributed by atoms with Gasteiger partial charge in [-0.15, -0.1) is 0 Å². The minimum absolute atomic E-state index is 0.333. The molecule has 1 aromatic rings. The van der Waals surface area contributed by atoms with Crippen LogP contribution in [0.1, 0.15) is 18.0 Å². The number of nitrogens with two attached hydrogens (primary N) is 1. The van der Waals surface area contributed by atoms with Crippen molar-refractivity contribution in [3.8, 4) is 5.75 Å². The van der Waals surface area contributed by atoms with Crippen molar-refractivity contribution in [2.75, 3.05) is 31.6 Å². The molecule has 0 radical (unpaired) electrons. The Labute approximate surface area is 129 Å². The molecule has 3 rings (SSSR count). The second-order valence-electron chi connectivity index (χ2n) is 5.76. The first-order valence-corrected chi connectivity index (χ1v) is 8.64. The zero-order valence-electron chi connectivity index (χ0n) is 11.7. The summed E-state index contributed by atoms with van der Waals surface area (Å²) in [7, 11) is 2.16. The van der Waals surface area contributed by atoms with Crippen LogP contribution in [0.3, 0.4) is 0 Å². The van der Waals surface area contributed by atoms with Crippen LogP contribution >= 0.6 is 23.4 Å². The van der Waals surface area contributed by atoms with Crippen LogP contribution in [0.2, 0.25) is 5.02 Å². The van der Waals surface area contributed by atoms with Gasteiger partial charge in [-0.3, -0.25) is 4.90 Å². The van der Waals surface area contributed by atoms with E-state index in [1.807, 2.05) is 17.8 Å². The second kappa shape index (κ2) is 6.14. The van der Waals surface area contributed by atoms with Crippen LogP contribution in [-0.2, 0) is 0 Å². The maximum Gasteiger partial charge on any atom is 0.138 e. The number of ether oxygens (including phenoxy) is 1. The predicted octanol–water partition coefficient (Wildman–Crippen LogP) is 2.79. The van der Waals surface area contributed by atoms with E-state index in [9.17, 15) is 0 Å². The summed E-state index contributed by atoms with van der Waals surface area (Å²) in [5.74, 6) is 3.55. The Kier molecular flexibility index (Phi) is 4.46. The largest absolute Gasteiger partial charge is 0.487 e. The Morgan fingerprint density at radius 2 is 2.25 bits per heavy atom. The molecular weight excluding hydrogens is 292 g/mol. The van der Waals surface area contributed by atoms with Crippen LogP contribution in [0, 0.1) is 5.92 Å². The van der Waals surface area contributed by atoms with Gasteiger partial charge in [-0.05, 0) is 43.6 Å². The maximum atomic E-state index is 6.38. The van der Waals surface area contributed by atoms with Crippen LogP contribution in [0.25, 0.3) is 0 Å². The van der Waals surface area contributed by atoms with Gasteiger partial charge in [-0.2, -0.15) is 11.8 Å². The molecule has 3 nitrogen and oxygen atoms in total. The van der Waals surface area contributed by atoms with Crippen LogP contribution < -0.4 is 10.5 Å². The molecule has 2 heterocycles. The Morgan fingerprint density at radius 1 is 1.45 bits per heavy atom. The van der Waals surface area contributed by atoms with Gasteiger partial charge in [0.1, 0.15) is 11.9 Å². The van der Waals surface area contributed by atoms with E-state index in [2.05, 4.69) is 24.1 Å². The summed E-state index contributed by atoms with van der Waals surface area (Å²) < 4.78 is 5.88. The zero-order chi connectivity index (χ0) is 14.1. The summed E-state index contributed by atoms with van der Waals surface area (Å²) in [5.41, 5.74) is 7.06. The highest BCUT2D eigenvalue weighted by Crippen LogP contribution is 2.37. The highest BCUT2D eigenvalue weighted by molar-refractivity contribution is 8.00. The number of likely N-dealkylation sites (tertiary alicyclic amines) is 1. The van der Waals surface area contributed by atoms with Crippen molar-refractivity contribution in [2.24, 2.45) is 11.7 Å². The van der Waals surface area contributed by atoms with E-state index in [1.54, 1.807) is 0 Å². The number of halogens is 1. The van der Waals surface area contributed by atoms with Crippen LogP contribution in [0.15, 0.2) is 18.2 Å². The molecule has 0 saturated carbocycles. The number of hydrogen-bond acceptors (Lipinski definition) is 4. The average molecular weight is 313 g/mol. The summed E-state index contributed by atoms with van der Waals surface area (Å²) in [6, 6.07) is 6.65. The third-order valence-corrected chi connectivity index (χ3v) is 5.72. The van der Waals surface area contributed by atoms with Crippen LogP contribution in [0.4, 0.5) is 0 Å². The molecule has 2 fully saturated rings. The molecule has 2 aliphatic rings. The SMILES string of the molecule is CN1CC(CN)CC1c1ccc(OC2CSC2)c(Cl)c1. The highest BCUT2D eigenvalue weighted by atomic mass is 35.5. The molecule has 0 bridgehead atoms. The molecule has 2 saturated heterocycles. The number of rotatable bonds is 4. The molecule has 5 heteroatoms. The number of thioether (sulfide) groups is 1. The maximum absolute atomic E-state index is 6.38. The number of nitrogens with zero attached hydrogens (tertiary/aromatic N) is 1. The lowest BCUT2D eigenvalue weighted by Gasteiger charge is -2.27. The molecule has 2 unspecified atom stereocenters. The van der Waals surface area contributed by atoms with Gasteiger partial charge in [0.2, 0.25) is 0 Å². The highest BCUT2D eigenvalue weighted by Gasteiger charge is 2.30. The Bertz CT molecular complexity index is 481. The van der Waals surface area contributed by atoms with E-state index in [1.165, 1.54) is 5.56 Å². The van der Waals surface area contributed by atoms with Gasteiger partial charge >= 0.3 is 0 Å². The molecule has 0 spiro atoms. The van der Waals surface area contributed by atoms with Crippen molar-refractivity contribution in [1.29, 1.82) is 0 Å². The fourth-order valence-corrected chi connectivity index (χ4v) is 3.75. The lowest BCUT2D eigenvalue weighted by Crippen LogP contribution is -2.31. The monoisotopic (exact) mass is 312 g/mol. The summed E-state index contributed by atoms with van der Waals surface area (Å²) in [4.78, 5) is 2.37. The van der Waals surface area contributed by atoms with Crippen molar-refractivity contribution in [2.45, 2.75) is 18.6 Å². The first-order valence-electron chi connectivity index (χ1n) is 7.11. The quantitative estimate of drug-likeness (QED) is 0.928. The van der Waals surface area contributed by atoms with Crippen LogP contribution in [0.5, 0.6) is 5.75 Å². The fourth-order valence-electron chi connectivity index (χ4n) is 2.95. The molecule has 0 aromatic heterocycles. The van der Waals surface area contributed by atoms with E-state index < -0.39 is 0 Å². The van der Waals surface area contributed by atoms with Gasteiger partial charge in [0.15, 0.2) is 0 Å². The molecule has 2 atom stereocenters. The first kappa shape index (κ1) is 14.5. The molecule has 20 heavy (non-hydrogen) atoms. The van der Waals surface area contributed by atoms with E-state index in [0.29, 0.717) is 18.1 Å². The van der Waals surface area contributed by atoms with Gasteiger partial charge < -0.3 is 10.5 Å². The molecule has 0 amide bonds. The van der Waals surface area contributed by atoms with Crippen molar-refractivity contribution >= 4 is 23.4 Å². The minimum Gasteiger partial charge on any atom is -0.487 e. The third kappa shape index (κ3) is 2.93. The van der Waals surface area contributed by atoms with Gasteiger partial charge in [-0.25, -0.2) is 0 Å². The minimum atomic E-state index is 0.333. The molecule has 2 N–H and O–H groups in total. The van der Waals surface area contributed by atoms with Gasteiger partial charge in [0, 0.05) is 24.1 Å². The summed E-state index contributed by atoms with van der Waals surface area (Å²) >= 11 is 8.29. The lowest BCUT2D eigenvalue weighted by atomic mass is 10.00. The van der Waals surface area contributed by atoms with E-state index in [4.69, 9.17) is 22.1 Å². The molecule has 1 aromatic carbocycles. The van der Waals surface area contributed by atoms with Crippen LogP contribution in [-0.4, -0.2) is 42.6 Å². The van der Waals surface area contributed by atoms with Gasteiger partial charge in [0.25, 0.3) is 0 Å². The molecule has 0 aliphatic carbocycles. The Hall–Kier alpha value is -0.420. The summed E-state index contributed by atoms with van der Waals surface area (Å²) in [6.07, 6.45) is 1.45. The van der Waals surface area contributed by atoms with E-state index >= 15 is 0 Å². The van der Waals surface area contributed by atoms with Crippen molar-refractivity contribution in [3.05, 3.63) is 28.8 Å². The molecule has 2 aliphatic heterocycles. The fraction of sp³-hybridized carbons (Fsp3) is 0.600. The summed E-state index contributed by atoms with van der Waals surface area (Å²) in [5, 5.41) is 0.726. The van der Waals surface area contributed by atoms with Gasteiger partial charge in [0.05, 0.1) is 5.02 Å². The van der Waals surface area contributed by atoms with Crippen molar-refractivity contribution < 1.29 is 4.74 Å². The standard InChI is InChI=1S/C15H21ClN2OS/c1-18-7-10(6-17)4-14(18)11-2-3-15(13(16)5-11)19-12-8-20-9-12/h2-3,5,10,12,14H,4,6-9,17H2,1H3. The Morgan fingerprint density at radius 3 is 2.80 bits per heavy atom. The van der Waals surface area contributed by atoms with E-state index in [-0.39, 0.29) is 0 Å². The molecular formula is C15H21ClN2OS. The third-order valence-electron chi connectivity index (χ3n) is 4.21. The van der Waals surface area contributed by atoms with Crippen molar-refractivity contribution in [1.82, 2.24) is 4.90 Å². The van der Waals surface area contributed by atoms with E-state index in [0.717, 1.165) is 41.8 Å². The number of hydrogen-bond donors (Lipinski definition) is 1. The lowest BCUT2D eigenvalue weighted by molar-refractivity contribution is 0.240. The smallest absolute Gasteiger partial charge is 0.138 e. The topological polar surface area (TPSA) is 38.5 Å². The number of benzene rings is 1. The first-order chi connectivity index (χ1) is 9.67. The molecule has 110 valence electrons. The van der Waals surface area contributed by atoms with Gasteiger partial charge in [-0.1, -0.05) is 17.7 Å². The Balaban J connectivity index is 1.72. The predicted molar refractivity (Wildman–Crippen MR) is 85.7 cm³/mol. The normalized spacial score (nSPS) is 27.6. The summed E-state index contributed by atoms with van der Waals surface area (Å²) in [6.45, 7) is 1.82. The van der Waals surface area contributed by atoms with Crippen molar-refractivity contribution in [3.63, 3.8) is 0 Å². The zero-order valence-corrected chi connectivity index (χ0v) is 13.3.